The fourth-order valence-corrected chi connectivity index (χ4v) is 4.71. The Balaban J connectivity index is 2.15. The van der Waals surface area contributed by atoms with Crippen molar-refractivity contribution in [2.24, 2.45) is 11.8 Å². The average Bonchev–Trinajstić information content (AvgIpc) is 2.53. The number of ketones is 1. The maximum atomic E-state index is 12.8. The van der Waals surface area contributed by atoms with E-state index in [1.54, 1.807) is 0 Å². The van der Waals surface area contributed by atoms with E-state index in [4.69, 9.17) is 4.74 Å². The van der Waals surface area contributed by atoms with E-state index >= 15 is 0 Å². The first-order valence-electron chi connectivity index (χ1n) is 8.43. The largest absolute Gasteiger partial charge is 0.451 e. The molecule has 0 aromatic heterocycles. The predicted octanol–water partition coefficient (Wildman–Crippen LogP) is 2.49. The zero-order chi connectivity index (χ0) is 18.8. The summed E-state index contributed by atoms with van der Waals surface area (Å²) in [6, 6.07) is 5.65. The Morgan fingerprint density at radius 1 is 1.12 bits per heavy atom. The Kier molecular flexibility index (Phi) is 6.00. The molecule has 0 radical (unpaired) electrons. The van der Waals surface area contributed by atoms with Crippen molar-refractivity contribution in [2.75, 3.05) is 13.1 Å². The van der Waals surface area contributed by atoms with Gasteiger partial charge in [-0.2, -0.15) is 4.31 Å². The molecule has 1 saturated heterocycles. The number of Topliss-reactive ketones (excluding diaryl/α,β-unsaturated/α-hetero) is 1. The molecule has 1 heterocycles. The predicted molar refractivity (Wildman–Crippen MR) is 93.7 cm³/mol. The molecule has 3 unspecified atom stereocenters. The Morgan fingerprint density at radius 2 is 1.64 bits per heavy atom. The van der Waals surface area contributed by atoms with Gasteiger partial charge in [-0.3, -0.25) is 4.79 Å². The van der Waals surface area contributed by atoms with Gasteiger partial charge in [0.25, 0.3) is 0 Å². The Labute approximate surface area is 149 Å². The number of benzene rings is 1. The summed E-state index contributed by atoms with van der Waals surface area (Å²) in [4.78, 5) is 23.3. The number of piperidine rings is 1. The fourth-order valence-electron chi connectivity index (χ4n) is 3.03. The van der Waals surface area contributed by atoms with E-state index in [0.717, 1.165) is 6.42 Å². The molecule has 138 valence electrons. The highest BCUT2D eigenvalue weighted by molar-refractivity contribution is 7.89. The summed E-state index contributed by atoms with van der Waals surface area (Å²) in [5.41, 5.74) is 0.215. The molecule has 0 amide bonds. The number of esters is 1. The lowest BCUT2D eigenvalue weighted by Gasteiger charge is -2.34. The van der Waals surface area contributed by atoms with Crippen molar-refractivity contribution in [2.45, 2.75) is 45.1 Å². The van der Waals surface area contributed by atoms with Gasteiger partial charge in [-0.25, -0.2) is 13.2 Å². The van der Waals surface area contributed by atoms with Crippen LogP contribution in [0.25, 0.3) is 0 Å². The highest BCUT2D eigenvalue weighted by Crippen LogP contribution is 2.26. The third kappa shape index (κ3) is 4.67. The minimum absolute atomic E-state index is 0.157. The molecule has 1 aromatic carbocycles. The van der Waals surface area contributed by atoms with Crippen LogP contribution in [0, 0.1) is 11.8 Å². The summed E-state index contributed by atoms with van der Waals surface area (Å²) < 4.78 is 32.1. The number of rotatable bonds is 5. The van der Waals surface area contributed by atoms with Crippen molar-refractivity contribution < 1.29 is 22.7 Å². The second kappa shape index (κ2) is 7.66. The SMILES string of the molecule is CC(=O)C(C)OC(=O)c1ccc(S(=O)(=O)N2CC(C)CC(C)C2)cc1. The van der Waals surface area contributed by atoms with Gasteiger partial charge in [0.1, 0.15) is 0 Å². The van der Waals surface area contributed by atoms with Gasteiger partial charge in [0.05, 0.1) is 10.5 Å². The van der Waals surface area contributed by atoms with E-state index < -0.39 is 22.1 Å². The Morgan fingerprint density at radius 3 is 2.12 bits per heavy atom. The van der Waals surface area contributed by atoms with E-state index in [9.17, 15) is 18.0 Å². The third-order valence-electron chi connectivity index (χ3n) is 4.42. The van der Waals surface area contributed by atoms with Crippen LogP contribution in [0.3, 0.4) is 0 Å². The monoisotopic (exact) mass is 367 g/mol. The smallest absolute Gasteiger partial charge is 0.338 e. The second-order valence-corrected chi connectivity index (χ2v) is 8.89. The van der Waals surface area contributed by atoms with Crippen molar-refractivity contribution in [3.63, 3.8) is 0 Å². The molecule has 25 heavy (non-hydrogen) atoms. The number of carbonyl (C=O) groups is 2. The fraction of sp³-hybridized carbons (Fsp3) is 0.556. The molecule has 1 aromatic rings. The number of sulfonamides is 1. The summed E-state index contributed by atoms with van der Waals surface area (Å²) in [5, 5.41) is 0. The lowest BCUT2D eigenvalue weighted by molar-refractivity contribution is -0.124. The van der Waals surface area contributed by atoms with Gasteiger partial charge in [0, 0.05) is 13.1 Å². The first kappa shape index (κ1) is 19.6. The molecule has 2 rings (SSSR count). The van der Waals surface area contributed by atoms with Gasteiger partial charge in [-0.1, -0.05) is 13.8 Å². The van der Waals surface area contributed by atoms with E-state index in [2.05, 4.69) is 0 Å². The lowest BCUT2D eigenvalue weighted by atomic mass is 9.94. The number of hydrogen-bond donors (Lipinski definition) is 0. The molecule has 6 nitrogen and oxygen atoms in total. The van der Waals surface area contributed by atoms with Gasteiger partial charge in [-0.15, -0.1) is 0 Å². The number of hydrogen-bond acceptors (Lipinski definition) is 5. The van der Waals surface area contributed by atoms with Crippen LogP contribution >= 0.6 is 0 Å². The third-order valence-corrected chi connectivity index (χ3v) is 6.27. The maximum Gasteiger partial charge on any atom is 0.338 e. The van der Waals surface area contributed by atoms with Gasteiger partial charge in [0.15, 0.2) is 11.9 Å². The molecule has 0 bridgehead atoms. The Bertz CT molecular complexity index is 731. The quantitative estimate of drug-likeness (QED) is 0.747. The van der Waals surface area contributed by atoms with Crippen LogP contribution < -0.4 is 0 Å². The van der Waals surface area contributed by atoms with Crippen LogP contribution in [0.2, 0.25) is 0 Å². The first-order chi connectivity index (χ1) is 11.6. The molecule has 0 N–H and O–H groups in total. The van der Waals surface area contributed by atoms with Gasteiger partial charge < -0.3 is 4.74 Å². The molecule has 0 spiro atoms. The van der Waals surface area contributed by atoms with Crippen molar-refractivity contribution in [3.05, 3.63) is 29.8 Å². The van der Waals surface area contributed by atoms with Crippen LogP contribution in [0.15, 0.2) is 29.2 Å². The minimum atomic E-state index is -3.58. The molecule has 3 atom stereocenters. The highest BCUT2D eigenvalue weighted by atomic mass is 32.2. The van der Waals surface area contributed by atoms with Crippen molar-refractivity contribution in [3.8, 4) is 0 Å². The summed E-state index contributed by atoms with van der Waals surface area (Å²) in [6.45, 7) is 7.95. The molecular formula is C18H25NO5S. The molecule has 7 heteroatoms. The Hall–Kier alpha value is -1.73. The zero-order valence-corrected chi connectivity index (χ0v) is 15.9. The maximum absolute atomic E-state index is 12.8. The number of carbonyl (C=O) groups excluding carboxylic acids is 2. The molecule has 0 saturated carbocycles. The zero-order valence-electron chi connectivity index (χ0n) is 15.1. The van der Waals surface area contributed by atoms with E-state index in [1.165, 1.54) is 42.4 Å². The van der Waals surface area contributed by atoms with Gasteiger partial charge >= 0.3 is 5.97 Å². The van der Waals surface area contributed by atoms with E-state index in [0.29, 0.717) is 24.9 Å². The van der Waals surface area contributed by atoms with Crippen LogP contribution in [0.5, 0.6) is 0 Å². The molecule has 1 aliphatic rings. The minimum Gasteiger partial charge on any atom is -0.451 e. The van der Waals surface area contributed by atoms with E-state index in [-0.39, 0.29) is 16.2 Å². The summed E-state index contributed by atoms with van der Waals surface area (Å²) >= 11 is 0. The topological polar surface area (TPSA) is 80.8 Å². The van der Waals surface area contributed by atoms with Crippen LogP contribution in [-0.4, -0.2) is 43.7 Å². The van der Waals surface area contributed by atoms with Crippen molar-refractivity contribution >= 4 is 21.8 Å². The highest BCUT2D eigenvalue weighted by Gasteiger charge is 2.31. The summed E-state index contributed by atoms with van der Waals surface area (Å²) in [7, 11) is -3.58. The number of ether oxygens (including phenoxy) is 1. The van der Waals surface area contributed by atoms with Crippen LogP contribution in [0.4, 0.5) is 0 Å². The molecule has 1 fully saturated rings. The van der Waals surface area contributed by atoms with Gasteiger partial charge in [-0.05, 0) is 56.4 Å². The van der Waals surface area contributed by atoms with Crippen LogP contribution in [-0.2, 0) is 19.6 Å². The molecular weight excluding hydrogens is 342 g/mol. The second-order valence-electron chi connectivity index (χ2n) is 6.95. The van der Waals surface area contributed by atoms with Crippen molar-refractivity contribution in [1.29, 1.82) is 0 Å². The summed E-state index contributed by atoms with van der Waals surface area (Å²) in [5.74, 6) is -0.255. The first-order valence-corrected chi connectivity index (χ1v) is 9.87. The molecule has 0 aliphatic carbocycles. The standard InChI is InChI=1S/C18H25NO5S/c1-12-9-13(2)11-19(10-12)25(22,23)17-7-5-16(6-8-17)18(21)24-15(4)14(3)20/h5-8,12-13,15H,9-11H2,1-4H3. The van der Waals surface area contributed by atoms with Crippen molar-refractivity contribution in [1.82, 2.24) is 4.31 Å². The number of nitrogens with zero attached hydrogens (tertiary/aromatic N) is 1. The van der Waals surface area contributed by atoms with E-state index in [1.807, 2.05) is 13.8 Å². The molecule has 1 aliphatic heterocycles. The van der Waals surface area contributed by atoms with Crippen LogP contribution in [0.1, 0.15) is 44.5 Å². The summed E-state index contributed by atoms with van der Waals surface area (Å²) in [6.07, 6.45) is 0.192. The normalized spacial score (nSPS) is 23.0. The lowest BCUT2D eigenvalue weighted by Crippen LogP contribution is -2.42. The van der Waals surface area contributed by atoms with Gasteiger partial charge in [0.2, 0.25) is 10.0 Å². The average molecular weight is 367 g/mol.